The number of halogens is 5. The SMILES string of the molecule is C[C@H](Oc1cc(NC(=O)Oc2ccccc2)cc2ccnc(Oc3c(F)cccc3Cl)c12)C(F)(F)F. The van der Waals surface area contributed by atoms with Gasteiger partial charge in [-0.25, -0.2) is 14.2 Å². The zero-order chi connectivity index (χ0) is 25.9. The maximum Gasteiger partial charge on any atom is 0.425 e. The zero-order valence-electron chi connectivity index (χ0n) is 18.5. The van der Waals surface area contributed by atoms with Gasteiger partial charge in [0.05, 0.1) is 10.4 Å². The Morgan fingerprint density at radius 2 is 1.81 bits per heavy atom. The van der Waals surface area contributed by atoms with E-state index in [1.165, 1.54) is 30.5 Å². The van der Waals surface area contributed by atoms with Crippen LogP contribution in [0.25, 0.3) is 10.8 Å². The molecule has 0 spiro atoms. The number of para-hydroxylation sites is 2. The summed E-state index contributed by atoms with van der Waals surface area (Å²) in [7, 11) is 0. The third kappa shape index (κ3) is 5.77. The van der Waals surface area contributed by atoms with Crippen LogP contribution in [0.5, 0.6) is 23.1 Å². The predicted octanol–water partition coefficient (Wildman–Crippen LogP) is 7.76. The Hall–Kier alpha value is -4.05. The first-order chi connectivity index (χ1) is 17.1. The van der Waals surface area contributed by atoms with Crippen LogP contribution < -0.4 is 19.5 Å². The van der Waals surface area contributed by atoms with Crippen LogP contribution in [0, 0.1) is 5.82 Å². The number of alkyl halides is 3. The molecule has 0 unspecified atom stereocenters. The first-order valence-corrected chi connectivity index (χ1v) is 10.8. The van der Waals surface area contributed by atoms with E-state index in [9.17, 15) is 22.4 Å². The molecule has 6 nitrogen and oxygen atoms in total. The molecular formula is C25H17ClF4N2O4. The number of carbonyl (C=O) groups is 1. The second-order valence-electron chi connectivity index (χ2n) is 7.47. The third-order valence-electron chi connectivity index (χ3n) is 4.87. The molecule has 1 N–H and O–H groups in total. The molecule has 3 aromatic carbocycles. The summed E-state index contributed by atoms with van der Waals surface area (Å²) in [5, 5.41) is 2.69. The van der Waals surface area contributed by atoms with Gasteiger partial charge in [-0.1, -0.05) is 35.9 Å². The number of nitrogens with zero attached hydrogens (tertiary/aromatic N) is 1. The highest BCUT2D eigenvalue weighted by atomic mass is 35.5. The molecule has 0 bridgehead atoms. The first kappa shape index (κ1) is 25.1. The minimum Gasteiger partial charge on any atom is -0.480 e. The van der Waals surface area contributed by atoms with Gasteiger partial charge in [0.2, 0.25) is 5.88 Å². The lowest BCUT2D eigenvalue weighted by molar-refractivity contribution is -0.189. The Labute approximate surface area is 207 Å². The Morgan fingerprint density at radius 3 is 2.50 bits per heavy atom. The van der Waals surface area contributed by atoms with E-state index in [0.29, 0.717) is 0 Å². The number of anilines is 1. The van der Waals surface area contributed by atoms with Crippen LogP contribution in [0.2, 0.25) is 5.02 Å². The number of fused-ring (bicyclic) bond motifs is 1. The summed E-state index contributed by atoms with van der Waals surface area (Å²) in [6, 6.07) is 16.1. The number of amides is 1. The molecule has 0 aliphatic carbocycles. The van der Waals surface area contributed by atoms with Gasteiger partial charge in [-0.2, -0.15) is 13.2 Å². The summed E-state index contributed by atoms with van der Waals surface area (Å²) in [6.45, 7) is 0.820. The van der Waals surface area contributed by atoms with Crippen molar-refractivity contribution < 1.29 is 36.6 Å². The standard InChI is InChI=1S/C25H17ClF4N2O4/c1-14(25(28,29)30)34-20-13-16(32-24(33)35-17-6-3-2-4-7-17)12-15-10-11-31-23(21(15)20)36-22-18(26)8-5-9-19(22)27/h2-14H,1H3,(H,32,33)/t14-/m0/s1. The molecule has 0 saturated carbocycles. The molecule has 1 aromatic heterocycles. The van der Waals surface area contributed by atoms with E-state index in [1.54, 1.807) is 30.3 Å². The second-order valence-corrected chi connectivity index (χ2v) is 7.88. The van der Waals surface area contributed by atoms with Gasteiger partial charge in [-0.15, -0.1) is 0 Å². The molecular weight excluding hydrogens is 504 g/mol. The number of aromatic nitrogens is 1. The van der Waals surface area contributed by atoms with Crippen molar-refractivity contribution >= 4 is 34.2 Å². The topological polar surface area (TPSA) is 69.7 Å². The van der Waals surface area contributed by atoms with E-state index < -0.39 is 24.2 Å². The van der Waals surface area contributed by atoms with Gasteiger partial charge in [0.1, 0.15) is 11.5 Å². The van der Waals surface area contributed by atoms with Gasteiger partial charge in [0.25, 0.3) is 0 Å². The van der Waals surface area contributed by atoms with E-state index in [1.807, 2.05) is 0 Å². The van der Waals surface area contributed by atoms with Crippen molar-refractivity contribution in [3.8, 4) is 23.1 Å². The predicted molar refractivity (Wildman–Crippen MR) is 125 cm³/mol. The summed E-state index contributed by atoms with van der Waals surface area (Å²) in [4.78, 5) is 16.4. The normalized spacial score (nSPS) is 12.2. The number of pyridine rings is 1. The van der Waals surface area contributed by atoms with Gasteiger partial charge < -0.3 is 14.2 Å². The van der Waals surface area contributed by atoms with Crippen LogP contribution in [-0.2, 0) is 0 Å². The van der Waals surface area contributed by atoms with Gasteiger partial charge in [0.15, 0.2) is 17.7 Å². The van der Waals surface area contributed by atoms with E-state index in [0.717, 1.165) is 19.1 Å². The van der Waals surface area contributed by atoms with Crippen molar-refractivity contribution in [2.75, 3.05) is 5.32 Å². The van der Waals surface area contributed by atoms with Crippen molar-refractivity contribution in [2.24, 2.45) is 0 Å². The van der Waals surface area contributed by atoms with Gasteiger partial charge >= 0.3 is 12.3 Å². The largest absolute Gasteiger partial charge is 0.480 e. The lowest BCUT2D eigenvalue weighted by Crippen LogP contribution is -2.31. The van der Waals surface area contributed by atoms with Crippen molar-refractivity contribution in [3.05, 3.63) is 83.8 Å². The van der Waals surface area contributed by atoms with Crippen molar-refractivity contribution in [1.29, 1.82) is 0 Å². The van der Waals surface area contributed by atoms with Crippen LogP contribution in [0.15, 0.2) is 72.9 Å². The van der Waals surface area contributed by atoms with Crippen LogP contribution in [0.3, 0.4) is 0 Å². The molecule has 0 fully saturated rings. The Kier molecular flexibility index (Phi) is 7.16. The number of ether oxygens (including phenoxy) is 3. The van der Waals surface area contributed by atoms with Gasteiger partial charge in [-0.3, -0.25) is 5.32 Å². The summed E-state index contributed by atoms with van der Waals surface area (Å²) < 4.78 is 70.2. The van der Waals surface area contributed by atoms with E-state index in [2.05, 4.69) is 10.3 Å². The Morgan fingerprint density at radius 1 is 1.06 bits per heavy atom. The third-order valence-corrected chi connectivity index (χ3v) is 5.17. The average Bonchev–Trinajstić information content (AvgIpc) is 2.81. The summed E-state index contributed by atoms with van der Waals surface area (Å²) in [5.74, 6) is -1.46. The molecule has 1 heterocycles. The van der Waals surface area contributed by atoms with E-state index in [-0.39, 0.29) is 44.6 Å². The lowest BCUT2D eigenvalue weighted by atomic mass is 10.1. The molecule has 0 radical (unpaired) electrons. The summed E-state index contributed by atoms with van der Waals surface area (Å²) >= 11 is 6.03. The number of benzene rings is 3. The average molecular weight is 521 g/mol. The van der Waals surface area contributed by atoms with Crippen LogP contribution in [0.1, 0.15) is 6.92 Å². The van der Waals surface area contributed by atoms with Crippen molar-refractivity contribution in [1.82, 2.24) is 4.98 Å². The first-order valence-electron chi connectivity index (χ1n) is 10.4. The van der Waals surface area contributed by atoms with Crippen LogP contribution in [0.4, 0.5) is 28.0 Å². The molecule has 0 aliphatic rings. The summed E-state index contributed by atoms with van der Waals surface area (Å²) in [6.07, 6.45) is -6.49. The molecule has 0 saturated heterocycles. The molecule has 186 valence electrons. The minimum atomic E-state index is -4.69. The maximum atomic E-state index is 14.3. The maximum absolute atomic E-state index is 14.3. The fourth-order valence-corrected chi connectivity index (χ4v) is 3.36. The number of rotatable bonds is 6. The molecule has 36 heavy (non-hydrogen) atoms. The smallest absolute Gasteiger partial charge is 0.425 e. The highest BCUT2D eigenvalue weighted by Gasteiger charge is 2.38. The molecule has 1 atom stereocenters. The zero-order valence-corrected chi connectivity index (χ0v) is 19.2. The molecule has 1 amide bonds. The quantitative estimate of drug-likeness (QED) is 0.263. The number of nitrogens with one attached hydrogen (secondary N) is 1. The lowest BCUT2D eigenvalue weighted by Gasteiger charge is -2.20. The number of hydrogen-bond donors (Lipinski definition) is 1. The highest BCUT2D eigenvalue weighted by molar-refractivity contribution is 6.32. The van der Waals surface area contributed by atoms with Crippen LogP contribution in [-0.4, -0.2) is 23.4 Å². The molecule has 4 aromatic rings. The van der Waals surface area contributed by atoms with E-state index >= 15 is 0 Å². The number of carbonyl (C=O) groups excluding carboxylic acids is 1. The Balaban J connectivity index is 1.75. The monoisotopic (exact) mass is 520 g/mol. The molecule has 0 aliphatic heterocycles. The van der Waals surface area contributed by atoms with Crippen molar-refractivity contribution in [3.63, 3.8) is 0 Å². The van der Waals surface area contributed by atoms with Crippen LogP contribution >= 0.6 is 11.6 Å². The molecule has 11 heteroatoms. The fourth-order valence-electron chi connectivity index (χ4n) is 3.16. The number of hydrogen-bond acceptors (Lipinski definition) is 5. The fraction of sp³-hybridized carbons (Fsp3) is 0.120. The van der Waals surface area contributed by atoms with Crippen molar-refractivity contribution in [2.45, 2.75) is 19.2 Å². The Bertz CT molecular complexity index is 1380. The van der Waals surface area contributed by atoms with E-state index in [4.69, 9.17) is 25.8 Å². The van der Waals surface area contributed by atoms with Gasteiger partial charge in [0, 0.05) is 18.0 Å². The minimum absolute atomic E-state index is 0.00916. The van der Waals surface area contributed by atoms with Gasteiger partial charge in [-0.05, 0) is 48.7 Å². The summed E-state index contributed by atoms with van der Waals surface area (Å²) in [5.41, 5.74) is 0.0777. The second kappa shape index (κ2) is 10.3. The molecule has 4 rings (SSSR count). The highest BCUT2D eigenvalue weighted by Crippen LogP contribution is 2.41.